The zero-order valence-corrected chi connectivity index (χ0v) is 15.6. The van der Waals surface area contributed by atoms with Crippen LogP contribution < -0.4 is 10.4 Å². The van der Waals surface area contributed by atoms with Gasteiger partial charge in [-0.1, -0.05) is 0 Å². The Hall–Kier alpha value is -5.60. The van der Waals surface area contributed by atoms with Crippen LogP contribution >= 0.6 is 0 Å². The highest BCUT2D eigenvalue weighted by Gasteiger charge is 2.35. The van der Waals surface area contributed by atoms with E-state index in [1.807, 2.05) is 0 Å². The van der Waals surface area contributed by atoms with Gasteiger partial charge in [-0.3, -0.25) is 0 Å². The van der Waals surface area contributed by atoms with Gasteiger partial charge in [0.15, 0.2) is 0 Å². The molecule has 2 aromatic carbocycles. The van der Waals surface area contributed by atoms with E-state index < -0.39 is 39.6 Å². The van der Waals surface area contributed by atoms with Crippen molar-refractivity contribution in [2.45, 2.75) is 6.18 Å². The van der Waals surface area contributed by atoms with E-state index in [1.54, 1.807) is 24.3 Å². The number of halogens is 3. The van der Waals surface area contributed by atoms with Crippen LogP contribution in [0.4, 0.5) is 13.2 Å². The highest BCUT2D eigenvalue weighted by molar-refractivity contribution is 5.81. The van der Waals surface area contributed by atoms with Crippen LogP contribution in [0.15, 0.2) is 24.3 Å². The first-order valence-electron chi connectivity index (χ1n) is 8.19. The number of nitriles is 7. The smallest absolute Gasteiger partial charge is 0.192 e. The maximum atomic E-state index is 13.7. The molecule has 0 radical (unpaired) electrons. The Bertz CT molecular complexity index is 1520. The normalized spacial score (nSPS) is 9.50. The molecule has 148 valence electrons. The Morgan fingerprint density at radius 3 is 1.47 bits per heavy atom. The molecule has 0 aliphatic heterocycles. The minimum Gasteiger partial charge on any atom is -0.192 e. The molecule has 0 spiro atoms. The Labute approximate surface area is 178 Å². The maximum absolute atomic E-state index is 13.7. The van der Waals surface area contributed by atoms with Crippen molar-refractivity contribution in [2.75, 3.05) is 0 Å². The monoisotopic (exact) mass is 423 g/mol. The summed E-state index contributed by atoms with van der Waals surface area (Å²) >= 11 is 0. The van der Waals surface area contributed by atoms with Gasteiger partial charge in [-0.15, -0.1) is 0 Å². The molecule has 0 N–H and O–H groups in total. The minimum absolute atomic E-state index is 0.279. The molecule has 0 aromatic heterocycles. The van der Waals surface area contributed by atoms with Crippen molar-refractivity contribution in [3.8, 4) is 42.5 Å². The third kappa shape index (κ3) is 3.92. The molecule has 0 unspecified atom stereocenters. The van der Waals surface area contributed by atoms with Gasteiger partial charge in [-0.25, -0.2) is 0 Å². The summed E-state index contributed by atoms with van der Waals surface area (Å²) in [5, 5.41) is 64.3. The van der Waals surface area contributed by atoms with Crippen LogP contribution in [0, 0.1) is 79.3 Å². The van der Waals surface area contributed by atoms with E-state index >= 15 is 0 Å². The second-order valence-corrected chi connectivity index (χ2v) is 5.92. The van der Waals surface area contributed by atoms with Crippen molar-refractivity contribution in [3.05, 3.63) is 68.1 Å². The van der Waals surface area contributed by atoms with Crippen LogP contribution in [0.2, 0.25) is 0 Å². The zero-order valence-electron chi connectivity index (χ0n) is 15.6. The summed E-state index contributed by atoms with van der Waals surface area (Å²) in [4.78, 5) is 0. The average Bonchev–Trinajstić information content (AvgIpc) is 2.79. The molecule has 0 bridgehead atoms. The third-order valence-corrected chi connectivity index (χ3v) is 4.23. The largest absolute Gasteiger partial charge is 0.417 e. The van der Waals surface area contributed by atoms with Crippen molar-refractivity contribution < 1.29 is 13.2 Å². The predicted octanol–water partition coefficient (Wildman–Crippen LogP) is 2.11. The SMILES string of the molecule is N#CC(c1cc(C#N)c(C#N)cc1C(F)(F)F)=c1cc(C#N)c(=C(C#N)C#N)c(C#N)c1. The average molecular weight is 423 g/mol. The second-order valence-electron chi connectivity index (χ2n) is 5.92. The summed E-state index contributed by atoms with van der Waals surface area (Å²) < 4.78 is 41.0. The van der Waals surface area contributed by atoms with Crippen LogP contribution in [-0.2, 0) is 6.18 Å². The number of hydrogen-bond donors (Lipinski definition) is 0. The zero-order chi connectivity index (χ0) is 24.1. The van der Waals surface area contributed by atoms with Crippen LogP contribution in [0.3, 0.4) is 0 Å². The molecule has 2 rings (SSSR count). The van der Waals surface area contributed by atoms with Crippen molar-refractivity contribution in [1.29, 1.82) is 36.8 Å². The highest BCUT2D eigenvalue weighted by atomic mass is 19.4. The molecule has 0 fully saturated rings. The number of hydrogen-bond acceptors (Lipinski definition) is 7. The van der Waals surface area contributed by atoms with Gasteiger partial charge in [0.05, 0.1) is 45.5 Å². The molecule has 2 aromatic rings. The van der Waals surface area contributed by atoms with Gasteiger partial charge in [0.2, 0.25) is 0 Å². The van der Waals surface area contributed by atoms with E-state index in [-0.39, 0.29) is 21.6 Å². The molecule has 0 saturated heterocycles. The lowest BCUT2D eigenvalue weighted by molar-refractivity contribution is -0.137. The van der Waals surface area contributed by atoms with E-state index in [0.29, 0.717) is 6.07 Å². The molecule has 0 aliphatic carbocycles. The molecule has 0 aliphatic rings. The number of benzene rings is 2. The Morgan fingerprint density at radius 2 is 1.09 bits per heavy atom. The lowest BCUT2D eigenvalue weighted by Gasteiger charge is -2.14. The molecule has 0 amide bonds. The van der Waals surface area contributed by atoms with E-state index in [9.17, 15) is 34.2 Å². The molecule has 32 heavy (non-hydrogen) atoms. The molecule has 10 heteroatoms. The number of alkyl halides is 3. The predicted molar refractivity (Wildman–Crippen MR) is 98.8 cm³/mol. The van der Waals surface area contributed by atoms with E-state index in [4.69, 9.17) is 15.8 Å². The number of nitrogens with zero attached hydrogens (tertiary/aromatic N) is 7. The van der Waals surface area contributed by atoms with E-state index in [1.165, 1.54) is 18.2 Å². The van der Waals surface area contributed by atoms with Crippen molar-refractivity contribution in [3.63, 3.8) is 0 Å². The lowest BCUT2D eigenvalue weighted by Crippen LogP contribution is -2.22. The maximum Gasteiger partial charge on any atom is 0.417 e. The van der Waals surface area contributed by atoms with E-state index in [2.05, 4.69) is 0 Å². The molecule has 0 heterocycles. The Balaban J connectivity index is 3.23. The molecule has 0 saturated carbocycles. The van der Waals surface area contributed by atoms with Gasteiger partial charge in [0.1, 0.15) is 35.9 Å². The fraction of sp³-hybridized carbons (Fsp3) is 0.0455. The van der Waals surface area contributed by atoms with Crippen molar-refractivity contribution in [2.24, 2.45) is 0 Å². The van der Waals surface area contributed by atoms with Gasteiger partial charge in [-0.05, 0) is 29.5 Å². The second kappa shape index (κ2) is 8.82. The van der Waals surface area contributed by atoms with Crippen LogP contribution in [-0.4, -0.2) is 0 Å². The van der Waals surface area contributed by atoms with Gasteiger partial charge in [0, 0.05) is 10.8 Å². The van der Waals surface area contributed by atoms with Gasteiger partial charge in [0.25, 0.3) is 0 Å². The summed E-state index contributed by atoms with van der Waals surface area (Å²) in [6.45, 7) is 0. The van der Waals surface area contributed by atoms with Gasteiger partial charge in [-0.2, -0.15) is 50.0 Å². The van der Waals surface area contributed by atoms with E-state index in [0.717, 1.165) is 18.2 Å². The summed E-state index contributed by atoms with van der Waals surface area (Å²) in [6, 6.07) is 14.2. The van der Waals surface area contributed by atoms with Crippen LogP contribution in [0.1, 0.15) is 33.4 Å². The lowest BCUT2D eigenvalue weighted by atomic mass is 9.92. The van der Waals surface area contributed by atoms with Crippen molar-refractivity contribution >= 4 is 11.1 Å². The Morgan fingerprint density at radius 1 is 0.625 bits per heavy atom. The first kappa shape index (κ1) is 22.7. The number of rotatable bonds is 1. The van der Waals surface area contributed by atoms with Crippen LogP contribution in [0.25, 0.3) is 11.1 Å². The first-order valence-corrected chi connectivity index (χ1v) is 8.19. The summed E-state index contributed by atoms with van der Waals surface area (Å²) in [6.07, 6.45) is -5.00. The van der Waals surface area contributed by atoms with Crippen molar-refractivity contribution in [1.82, 2.24) is 0 Å². The Kier molecular flexibility index (Phi) is 6.26. The fourth-order valence-electron chi connectivity index (χ4n) is 2.88. The minimum atomic E-state index is -5.00. The third-order valence-electron chi connectivity index (χ3n) is 4.23. The first-order chi connectivity index (χ1) is 15.2. The molecule has 7 nitrogen and oxygen atoms in total. The molecule has 0 atom stereocenters. The quantitative estimate of drug-likeness (QED) is 0.677. The fourth-order valence-corrected chi connectivity index (χ4v) is 2.88. The topological polar surface area (TPSA) is 167 Å². The van der Waals surface area contributed by atoms with Crippen LogP contribution in [0.5, 0.6) is 0 Å². The molecular formula is C22H4F3N7. The summed E-state index contributed by atoms with van der Waals surface area (Å²) in [5.74, 6) is 0. The summed E-state index contributed by atoms with van der Waals surface area (Å²) in [7, 11) is 0. The van der Waals surface area contributed by atoms with Gasteiger partial charge >= 0.3 is 6.18 Å². The summed E-state index contributed by atoms with van der Waals surface area (Å²) in [5.41, 5.74) is -5.02. The highest BCUT2D eigenvalue weighted by Crippen LogP contribution is 2.36. The molecular weight excluding hydrogens is 419 g/mol. The standard InChI is InChI=1S/C22H4F3N7/c23-22(24,25)20-4-14(6-27)13(5-26)3-18(20)19(11-32)12-1-15(7-28)21(16(2-12)8-29)17(9-30)10-31/h1-4H. The van der Waals surface area contributed by atoms with Gasteiger partial charge < -0.3 is 0 Å².